The first-order valence-electron chi connectivity index (χ1n) is 7.98. The summed E-state index contributed by atoms with van der Waals surface area (Å²) in [5.74, 6) is 3.98. The minimum atomic E-state index is -1.21. The van der Waals surface area contributed by atoms with Crippen LogP contribution >= 0.6 is 0 Å². The molecule has 132 valence electrons. The molecule has 0 atom stereocenters. The minimum absolute atomic E-state index is 0.0458. The monoisotopic (exact) mass is 358 g/mol. The summed E-state index contributed by atoms with van der Waals surface area (Å²) < 4.78 is 5.64. The first-order valence-corrected chi connectivity index (χ1v) is 7.98. The minimum Gasteiger partial charge on any atom is -0.478 e. The quantitative estimate of drug-likeness (QED) is 0.680. The molecule has 5 nitrogen and oxygen atoms in total. The van der Waals surface area contributed by atoms with Gasteiger partial charge in [-0.3, -0.25) is 0 Å². The second-order valence-electron chi connectivity index (χ2n) is 5.57. The molecule has 3 rings (SSSR count). The third-order valence-corrected chi connectivity index (χ3v) is 3.65. The Morgan fingerprint density at radius 3 is 2.15 bits per heavy atom. The number of aromatic carboxylic acids is 2. The molecule has 0 spiro atoms. The molecule has 0 aliphatic heterocycles. The van der Waals surface area contributed by atoms with Gasteiger partial charge in [-0.25, -0.2) is 9.59 Å². The molecule has 0 aliphatic rings. The van der Waals surface area contributed by atoms with E-state index in [1.807, 2.05) is 30.3 Å². The van der Waals surface area contributed by atoms with Crippen molar-refractivity contribution in [2.24, 2.45) is 0 Å². The van der Waals surface area contributed by atoms with E-state index in [-0.39, 0.29) is 16.9 Å². The van der Waals surface area contributed by atoms with Crippen LogP contribution in [-0.2, 0) is 0 Å². The van der Waals surface area contributed by atoms with E-state index >= 15 is 0 Å². The van der Waals surface area contributed by atoms with Crippen LogP contribution in [0.5, 0.6) is 11.5 Å². The van der Waals surface area contributed by atoms with E-state index in [1.165, 1.54) is 18.2 Å². The van der Waals surface area contributed by atoms with Gasteiger partial charge in [-0.15, -0.1) is 0 Å². The van der Waals surface area contributed by atoms with E-state index in [0.717, 1.165) is 5.56 Å². The third kappa shape index (κ3) is 4.53. The summed E-state index contributed by atoms with van der Waals surface area (Å²) >= 11 is 0. The lowest BCUT2D eigenvalue weighted by Crippen LogP contribution is -2.03. The van der Waals surface area contributed by atoms with Gasteiger partial charge in [-0.1, -0.05) is 36.1 Å². The van der Waals surface area contributed by atoms with Crippen LogP contribution in [0.1, 0.15) is 31.8 Å². The molecule has 0 radical (unpaired) electrons. The zero-order chi connectivity index (χ0) is 19.2. The summed E-state index contributed by atoms with van der Waals surface area (Å²) in [4.78, 5) is 22.5. The van der Waals surface area contributed by atoms with Gasteiger partial charge in [-0.2, -0.15) is 0 Å². The predicted molar refractivity (Wildman–Crippen MR) is 99.3 cm³/mol. The number of ether oxygens (including phenoxy) is 1. The van der Waals surface area contributed by atoms with Crippen molar-refractivity contribution in [2.75, 3.05) is 0 Å². The molecule has 0 fully saturated rings. The van der Waals surface area contributed by atoms with Crippen molar-refractivity contribution >= 4 is 11.9 Å². The predicted octanol–water partition coefficient (Wildman–Crippen LogP) is 4.28. The summed E-state index contributed by atoms with van der Waals surface area (Å²) in [5, 5.41) is 18.4. The Hall–Kier alpha value is -4.04. The molecule has 0 aromatic heterocycles. The van der Waals surface area contributed by atoms with Crippen molar-refractivity contribution in [3.8, 4) is 23.3 Å². The highest BCUT2D eigenvalue weighted by atomic mass is 16.5. The van der Waals surface area contributed by atoms with E-state index < -0.39 is 11.9 Å². The van der Waals surface area contributed by atoms with Crippen molar-refractivity contribution in [1.29, 1.82) is 0 Å². The highest BCUT2D eigenvalue weighted by Gasteiger charge is 2.15. The first-order chi connectivity index (χ1) is 13.0. The molecule has 3 aromatic rings. The van der Waals surface area contributed by atoms with Crippen LogP contribution < -0.4 is 4.74 Å². The lowest BCUT2D eigenvalue weighted by atomic mass is 10.1. The molecule has 0 heterocycles. The molecule has 0 saturated carbocycles. The van der Waals surface area contributed by atoms with Crippen molar-refractivity contribution < 1.29 is 24.5 Å². The standard InChI is InChI=1S/C22H14O5/c23-21(24)17-11-12-19(22(25)26)20(14-17)27-18-8-4-7-16(13-18)10-9-15-5-2-1-3-6-15/h1-8,11-14H,(H,23,24)(H,25,26). The zero-order valence-corrected chi connectivity index (χ0v) is 14.0. The second-order valence-corrected chi connectivity index (χ2v) is 5.57. The maximum atomic E-state index is 11.4. The number of carbonyl (C=O) groups is 2. The summed E-state index contributed by atoms with van der Waals surface area (Å²) in [7, 11) is 0. The zero-order valence-electron chi connectivity index (χ0n) is 14.0. The van der Waals surface area contributed by atoms with Gasteiger partial charge >= 0.3 is 11.9 Å². The molecule has 5 heteroatoms. The number of carboxylic acid groups (broad SMARTS) is 2. The Balaban J connectivity index is 1.91. The molecule has 0 amide bonds. The number of benzene rings is 3. The van der Waals surface area contributed by atoms with Gasteiger partial charge in [0.15, 0.2) is 0 Å². The smallest absolute Gasteiger partial charge is 0.339 e. The molecule has 27 heavy (non-hydrogen) atoms. The SMILES string of the molecule is O=C(O)c1ccc(C(=O)O)c(Oc2cccc(C#Cc3ccccc3)c2)c1. The molecule has 0 unspecified atom stereocenters. The Morgan fingerprint density at radius 1 is 0.741 bits per heavy atom. The number of rotatable bonds is 4. The van der Waals surface area contributed by atoms with Crippen LogP contribution in [0.25, 0.3) is 0 Å². The van der Waals surface area contributed by atoms with Crippen LogP contribution in [0.15, 0.2) is 72.8 Å². The van der Waals surface area contributed by atoms with Gasteiger partial charge < -0.3 is 14.9 Å². The Labute approximate surface area is 155 Å². The lowest BCUT2D eigenvalue weighted by molar-refractivity contribution is 0.0678. The van der Waals surface area contributed by atoms with Gasteiger partial charge in [0.1, 0.15) is 17.1 Å². The Bertz CT molecular complexity index is 1060. The maximum absolute atomic E-state index is 11.4. The van der Waals surface area contributed by atoms with E-state index in [2.05, 4.69) is 11.8 Å². The van der Waals surface area contributed by atoms with Gasteiger partial charge in [0.2, 0.25) is 0 Å². The van der Waals surface area contributed by atoms with Crippen LogP contribution in [0.2, 0.25) is 0 Å². The van der Waals surface area contributed by atoms with Crippen molar-refractivity contribution in [2.45, 2.75) is 0 Å². The normalized spacial score (nSPS) is 9.78. The highest BCUT2D eigenvalue weighted by Crippen LogP contribution is 2.27. The van der Waals surface area contributed by atoms with E-state index in [4.69, 9.17) is 9.84 Å². The fourth-order valence-corrected chi connectivity index (χ4v) is 2.35. The van der Waals surface area contributed by atoms with Crippen molar-refractivity contribution in [3.05, 3.63) is 95.1 Å². The molecule has 0 aliphatic carbocycles. The topological polar surface area (TPSA) is 83.8 Å². The Kier molecular flexibility index (Phi) is 5.20. The largest absolute Gasteiger partial charge is 0.478 e. The first kappa shape index (κ1) is 17.8. The molecule has 3 aromatic carbocycles. The van der Waals surface area contributed by atoms with Gasteiger partial charge in [0.05, 0.1) is 5.56 Å². The number of hydrogen-bond donors (Lipinski definition) is 2. The third-order valence-electron chi connectivity index (χ3n) is 3.65. The number of hydrogen-bond acceptors (Lipinski definition) is 3. The molecule has 0 saturated heterocycles. The highest BCUT2D eigenvalue weighted by molar-refractivity contribution is 5.94. The molecule has 2 N–H and O–H groups in total. The summed E-state index contributed by atoms with van der Waals surface area (Å²) in [5.41, 5.74) is 1.37. The van der Waals surface area contributed by atoms with Gasteiger partial charge in [0, 0.05) is 11.1 Å². The average Bonchev–Trinajstić information content (AvgIpc) is 2.67. The van der Waals surface area contributed by atoms with E-state index in [9.17, 15) is 14.7 Å². The second kappa shape index (κ2) is 7.89. The van der Waals surface area contributed by atoms with Gasteiger partial charge in [-0.05, 0) is 48.5 Å². The molecule has 0 bridgehead atoms. The summed E-state index contributed by atoms with van der Waals surface area (Å²) in [6.07, 6.45) is 0. The summed E-state index contributed by atoms with van der Waals surface area (Å²) in [6, 6.07) is 19.9. The molecular weight excluding hydrogens is 344 g/mol. The van der Waals surface area contributed by atoms with Crippen molar-refractivity contribution in [1.82, 2.24) is 0 Å². The lowest BCUT2D eigenvalue weighted by Gasteiger charge is -2.10. The summed E-state index contributed by atoms with van der Waals surface area (Å²) in [6.45, 7) is 0. The van der Waals surface area contributed by atoms with Crippen molar-refractivity contribution in [3.63, 3.8) is 0 Å². The fourth-order valence-electron chi connectivity index (χ4n) is 2.35. The average molecular weight is 358 g/mol. The number of carboxylic acids is 2. The Morgan fingerprint density at radius 2 is 1.44 bits per heavy atom. The molecular formula is C22H14O5. The maximum Gasteiger partial charge on any atom is 0.339 e. The van der Waals surface area contributed by atoms with E-state index in [0.29, 0.717) is 11.3 Å². The van der Waals surface area contributed by atoms with Gasteiger partial charge in [0.25, 0.3) is 0 Å². The van der Waals surface area contributed by atoms with E-state index in [1.54, 1.807) is 24.3 Å². The van der Waals surface area contributed by atoms with Crippen LogP contribution in [0, 0.1) is 11.8 Å². The fraction of sp³-hybridized carbons (Fsp3) is 0. The van der Waals surface area contributed by atoms with Crippen LogP contribution in [0.3, 0.4) is 0 Å². The van der Waals surface area contributed by atoms with Crippen LogP contribution in [0.4, 0.5) is 0 Å². The van der Waals surface area contributed by atoms with Crippen LogP contribution in [-0.4, -0.2) is 22.2 Å².